The third-order valence-corrected chi connectivity index (χ3v) is 3.22. The fourth-order valence-electron chi connectivity index (χ4n) is 2.35. The second-order valence-electron chi connectivity index (χ2n) is 4.58. The monoisotopic (exact) mass is 252 g/mol. The van der Waals surface area contributed by atoms with Crippen molar-refractivity contribution < 1.29 is 4.79 Å². The van der Waals surface area contributed by atoms with Crippen LogP contribution in [0.5, 0.6) is 0 Å². The minimum atomic E-state index is 0.107. The lowest BCUT2D eigenvalue weighted by atomic mass is 10.0. The molecule has 1 N–H and O–H groups in total. The Morgan fingerprint density at radius 2 is 2.28 bits per heavy atom. The zero-order valence-corrected chi connectivity index (χ0v) is 10.7. The van der Waals surface area contributed by atoms with Gasteiger partial charge in [0.25, 0.3) is 0 Å². The van der Waals surface area contributed by atoms with E-state index in [1.807, 2.05) is 4.90 Å². The van der Waals surface area contributed by atoms with Crippen molar-refractivity contribution in [2.75, 3.05) is 19.6 Å². The number of rotatable bonds is 5. The Morgan fingerprint density at radius 1 is 1.50 bits per heavy atom. The Kier molecular flexibility index (Phi) is 4.63. The summed E-state index contributed by atoms with van der Waals surface area (Å²) < 4.78 is 1.48. The van der Waals surface area contributed by atoms with Gasteiger partial charge in [0.05, 0.1) is 0 Å². The molecule has 1 saturated heterocycles. The number of piperidine rings is 1. The number of carbonyl (C=O) groups excluding carboxylic acids is 1. The Bertz CT molecular complexity index is 360. The van der Waals surface area contributed by atoms with Crippen LogP contribution in [0.25, 0.3) is 0 Å². The van der Waals surface area contributed by atoms with Gasteiger partial charge in [0, 0.05) is 12.6 Å². The standard InChI is InChI=1S/C11H20N6O/c1-2-7-17(10-3-5-12-6-4-10)11(18)8-16-9-13-14-15-16/h9-10,12H,2-8H2,1H3. The smallest absolute Gasteiger partial charge is 0.244 e. The molecule has 0 atom stereocenters. The average molecular weight is 252 g/mol. The highest BCUT2D eigenvalue weighted by Gasteiger charge is 2.24. The van der Waals surface area contributed by atoms with Crippen molar-refractivity contribution in [1.29, 1.82) is 0 Å². The first-order valence-electron chi connectivity index (χ1n) is 6.52. The number of aromatic nitrogens is 4. The third-order valence-electron chi connectivity index (χ3n) is 3.22. The van der Waals surface area contributed by atoms with E-state index in [9.17, 15) is 4.79 Å². The zero-order valence-electron chi connectivity index (χ0n) is 10.7. The van der Waals surface area contributed by atoms with Crippen LogP contribution in [0.15, 0.2) is 6.33 Å². The summed E-state index contributed by atoms with van der Waals surface area (Å²) in [5.74, 6) is 0.107. The van der Waals surface area contributed by atoms with Gasteiger partial charge in [-0.05, 0) is 42.8 Å². The van der Waals surface area contributed by atoms with E-state index in [1.165, 1.54) is 11.0 Å². The minimum absolute atomic E-state index is 0.107. The molecule has 1 amide bonds. The van der Waals surface area contributed by atoms with Crippen LogP contribution in [0.2, 0.25) is 0 Å². The maximum Gasteiger partial charge on any atom is 0.244 e. The van der Waals surface area contributed by atoms with Crippen molar-refractivity contribution in [2.24, 2.45) is 0 Å². The van der Waals surface area contributed by atoms with Gasteiger partial charge < -0.3 is 10.2 Å². The normalized spacial score (nSPS) is 16.7. The first-order valence-corrected chi connectivity index (χ1v) is 6.52. The van der Waals surface area contributed by atoms with E-state index in [4.69, 9.17) is 0 Å². The Balaban J connectivity index is 1.97. The quantitative estimate of drug-likeness (QED) is 0.776. The highest BCUT2D eigenvalue weighted by Crippen LogP contribution is 2.13. The lowest BCUT2D eigenvalue weighted by molar-refractivity contribution is -0.135. The molecule has 0 aromatic carbocycles. The highest BCUT2D eigenvalue weighted by atomic mass is 16.2. The molecule has 100 valence electrons. The molecule has 2 rings (SSSR count). The summed E-state index contributed by atoms with van der Waals surface area (Å²) in [6, 6.07) is 0.357. The molecule has 0 unspecified atom stereocenters. The SMILES string of the molecule is CCCN(C(=O)Cn1cnnn1)C1CCNCC1. The van der Waals surface area contributed by atoms with E-state index in [1.54, 1.807) is 0 Å². The molecule has 0 aliphatic carbocycles. The predicted octanol–water partition coefficient (Wildman–Crippen LogP) is -0.336. The van der Waals surface area contributed by atoms with Gasteiger partial charge in [-0.3, -0.25) is 4.79 Å². The Hall–Kier alpha value is -1.50. The number of hydrogen-bond acceptors (Lipinski definition) is 5. The summed E-state index contributed by atoms with van der Waals surface area (Å²) in [6.07, 6.45) is 4.51. The number of tetrazole rings is 1. The van der Waals surface area contributed by atoms with Crippen LogP contribution in [0.4, 0.5) is 0 Å². The average Bonchev–Trinajstić information content (AvgIpc) is 2.89. The lowest BCUT2D eigenvalue weighted by Gasteiger charge is -2.34. The molecule has 0 spiro atoms. The molecular formula is C11H20N6O. The molecular weight excluding hydrogens is 232 g/mol. The first kappa shape index (κ1) is 12.9. The summed E-state index contributed by atoms with van der Waals surface area (Å²) in [5, 5.41) is 14.1. The van der Waals surface area contributed by atoms with Gasteiger partial charge in [-0.1, -0.05) is 6.92 Å². The van der Waals surface area contributed by atoms with Crippen LogP contribution >= 0.6 is 0 Å². The Morgan fingerprint density at radius 3 is 2.89 bits per heavy atom. The number of nitrogens with zero attached hydrogens (tertiary/aromatic N) is 5. The molecule has 1 aromatic rings. The van der Waals surface area contributed by atoms with Crippen LogP contribution in [-0.4, -0.2) is 56.7 Å². The summed E-state index contributed by atoms with van der Waals surface area (Å²) in [7, 11) is 0. The number of nitrogens with one attached hydrogen (secondary N) is 1. The fraction of sp³-hybridized carbons (Fsp3) is 0.818. The van der Waals surface area contributed by atoms with E-state index < -0.39 is 0 Å². The third kappa shape index (κ3) is 3.25. The largest absolute Gasteiger partial charge is 0.338 e. The van der Waals surface area contributed by atoms with Gasteiger partial charge in [-0.2, -0.15) is 0 Å². The summed E-state index contributed by atoms with van der Waals surface area (Å²) in [5.41, 5.74) is 0. The van der Waals surface area contributed by atoms with Crippen molar-refractivity contribution in [3.05, 3.63) is 6.33 Å². The molecule has 7 nitrogen and oxygen atoms in total. The van der Waals surface area contributed by atoms with Gasteiger partial charge in [-0.25, -0.2) is 4.68 Å². The lowest BCUT2D eigenvalue weighted by Crippen LogP contribution is -2.47. The molecule has 0 saturated carbocycles. The second kappa shape index (κ2) is 6.44. The van der Waals surface area contributed by atoms with Gasteiger partial charge in [0.1, 0.15) is 12.9 Å². The van der Waals surface area contributed by atoms with Crippen molar-refractivity contribution >= 4 is 5.91 Å². The second-order valence-corrected chi connectivity index (χ2v) is 4.58. The van der Waals surface area contributed by atoms with Crippen LogP contribution in [0, 0.1) is 0 Å². The number of amides is 1. The zero-order chi connectivity index (χ0) is 12.8. The van der Waals surface area contributed by atoms with Crippen molar-refractivity contribution in [1.82, 2.24) is 30.4 Å². The van der Waals surface area contributed by atoms with Crippen molar-refractivity contribution in [3.8, 4) is 0 Å². The van der Waals surface area contributed by atoms with Crippen molar-refractivity contribution in [3.63, 3.8) is 0 Å². The molecule has 1 aliphatic rings. The van der Waals surface area contributed by atoms with E-state index >= 15 is 0 Å². The van der Waals surface area contributed by atoms with E-state index in [2.05, 4.69) is 27.8 Å². The summed E-state index contributed by atoms with van der Waals surface area (Å²) in [4.78, 5) is 14.3. The van der Waals surface area contributed by atoms with Gasteiger partial charge in [0.2, 0.25) is 5.91 Å². The molecule has 1 aliphatic heterocycles. The number of carbonyl (C=O) groups is 1. The summed E-state index contributed by atoms with van der Waals surface area (Å²) in [6.45, 7) is 5.12. The van der Waals surface area contributed by atoms with E-state index in [0.29, 0.717) is 6.04 Å². The van der Waals surface area contributed by atoms with Crippen LogP contribution in [0.3, 0.4) is 0 Å². The molecule has 2 heterocycles. The molecule has 1 fully saturated rings. The van der Waals surface area contributed by atoms with Crippen LogP contribution < -0.4 is 5.32 Å². The predicted molar refractivity (Wildman–Crippen MR) is 65.7 cm³/mol. The topological polar surface area (TPSA) is 75.9 Å². The maximum atomic E-state index is 12.3. The van der Waals surface area contributed by atoms with E-state index in [-0.39, 0.29) is 12.5 Å². The van der Waals surface area contributed by atoms with Crippen molar-refractivity contribution in [2.45, 2.75) is 38.8 Å². The van der Waals surface area contributed by atoms with Crippen LogP contribution in [0.1, 0.15) is 26.2 Å². The molecule has 0 bridgehead atoms. The maximum absolute atomic E-state index is 12.3. The number of hydrogen-bond donors (Lipinski definition) is 1. The first-order chi connectivity index (χ1) is 8.81. The Labute approximate surface area is 107 Å². The summed E-state index contributed by atoms with van der Waals surface area (Å²) >= 11 is 0. The minimum Gasteiger partial charge on any atom is -0.338 e. The van der Waals surface area contributed by atoms with Gasteiger partial charge in [0.15, 0.2) is 0 Å². The molecule has 7 heteroatoms. The fourth-order valence-corrected chi connectivity index (χ4v) is 2.35. The molecule has 0 radical (unpaired) electrons. The van der Waals surface area contributed by atoms with Crippen LogP contribution in [-0.2, 0) is 11.3 Å². The molecule has 18 heavy (non-hydrogen) atoms. The molecule has 1 aromatic heterocycles. The van der Waals surface area contributed by atoms with E-state index in [0.717, 1.165) is 38.9 Å². The highest BCUT2D eigenvalue weighted by molar-refractivity contribution is 5.76. The van der Waals surface area contributed by atoms with Gasteiger partial charge >= 0.3 is 0 Å². The van der Waals surface area contributed by atoms with Gasteiger partial charge in [-0.15, -0.1) is 5.10 Å².